The Bertz CT molecular complexity index is 1240. The predicted molar refractivity (Wildman–Crippen MR) is 120 cm³/mol. The number of allylic oxidation sites excluding steroid dienone is 4. The van der Waals surface area contributed by atoms with Gasteiger partial charge in [-0.2, -0.15) is 0 Å². The van der Waals surface area contributed by atoms with Crippen LogP contribution in [0.25, 0.3) is 36.9 Å². The van der Waals surface area contributed by atoms with Crippen molar-refractivity contribution in [3.63, 3.8) is 0 Å². The normalized spacial score (nSPS) is 12.3. The molecule has 4 rings (SSSR count). The molecule has 4 aromatic rings. The van der Waals surface area contributed by atoms with Crippen molar-refractivity contribution >= 4 is 37.1 Å². The highest BCUT2D eigenvalue weighted by atomic mass is 32.1. The van der Waals surface area contributed by atoms with Gasteiger partial charge in [0.1, 0.15) is 0 Å². The van der Waals surface area contributed by atoms with Crippen molar-refractivity contribution in [1.82, 2.24) is 0 Å². The highest BCUT2D eigenvalue weighted by molar-refractivity contribution is 7.24. The van der Waals surface area contributed by atoms with E-state index in [4.69, 9.17) is 0 Å². The van der Waals surface area contributed by atoms with E-state index in [-0.39, 0.29) is 5.43 Å². The van der Waals surface area contributed by atoms with Crippen LogP contribution in [0.15, 0.2) is 89.8 Å². The summed E-state index contributed by atoms with van der Waals surface area (Å²) in [4.78, 5) is 13.3. The highest BCUT2D eigenvalue weighted by Gasteiger charge is 2.09. The molecule has 0 unspecified atom stereocenters. The number of benzene rings is 3. The molecule has 0 aliphatic carbocycles. The molecule has 0 bridgehead atoms. The fraction of sp³-hybridized carbons (Fsp3) is 0.0800. The average Bonchev–Trinajstić information content (AvgIpc) is 2.72. The molecule has 0 spiro atoms. The molecule has 0 atom stereocenters. The second-order valence-corrected chi connectivity index (χ2v) is 7.55. The Morgan fingerprint density at radius 3 is 2.22 bits per heavy atom. The van der Waals surface area contributed by atoms with Crippen molar-refractivity contribution in [2.45, 2.75) is 13.8 Å². The Morgan fingerprint density at radius 1 is 0.815 bits per heavy atom. The Hall–Kier alpha value is -2.97. The van der Waals surface area contributed by atoms with Gasteiger partial charge in [0.25, 0.3) is 0 Å². The summed E-state index contributed by atoms with van der Waals surface area (Å²) in [5, 5.41) is 1.58. The van der Waals surface area contributed by atoms with E-state index in [1.54, 1.807) is 11.3 Å². The second kappa shape index (κ2) is 7.34. The van der Waals surface area contributed by atoms with Gasteiger partial charge in [-0.1, -0.05) is 60.7 Å². The average molecular weight is 369 g/mol. The third-order valence-corrected chi connectivity index (χ3v) is 5.92. The fourth-order valence-electron chi connectivity index (χ4n) is 3.38. The van der Waals surface area contributed by atoms with Gasteiger partial charge in [-0.05, 0) is 60.4 Å². The van der Waals surface area contributed by atoms with Crippen LogP contribution in [0.4, 0.5) is 0 Å². The fourth-order valence-corrected chi connectivity index (χ4v) is 4.42. The first-order chi connectivity index (χ1) is 13.2. The Balaban J connectivity index is 1.95. The molecular formula is C25H20OS. The van der Waals surface area contributed by atoms with Crippen molar-refractivity contribution in [2.75, 3.05) is 0 Å². The van der Waals surface area contributed by atoms with Crippen LogP contribution in [0.5, 0.6) is 0 Å². The lowest BCUT2D eigenvalue weighted by Crippen LogP contribution is -2.01. The van der Waals surface area contributed by atoms with Gasteiger partial charge in [0.05, 0.1) is 0 Å². The van der Waals surface area contributed by atoms with E-state index in [1.165, 1.54) is 0 Å². The first-order valence-corrected chi connectivity index (χ1v) is 9.88. The minimum atomic E-state index is 0.106. The SMILES string of the molecule is C/C=C\C(=C/C)c1ccc2sc3ccc(-c4ccccc4)cc3c(=O)c2c1. The molecule has 1 nitrogen and oxygen atoms in total. The molecule has 0 aliphatic heterocycles. The smallest absolute Gasteiger partial charge is 0.195 e. The molecule has 0 N–H and O–H groups in total. The topological polar surface area (TPSA) is 17.1 Å². The number of hydrogen-bond acceptors (Lipinski definition) is 2. The van der Waals surface area contributed by atoms with E-state index in [1.807, 2.05) is 50.3 Å². The molecule has 2 heteroatoms. The Morgan fingerprint density at radius 2 is 1.52 bits per heavy atom. The molecule has 0 amide bonds. The van der Waals surface area contributed by atoms with Crippen LogP contribution in [0.1, 0.15) is 19.4 Å². The molecule has 3 aromatic carbocycles. The minimum absolute atomic E-state index is 0.106. The number of rotatable bonds is 3. The zero-order chi connectivity index (χ0) is 18.8. The highest BCUT2D eigenvalue weighted by Crippen LogP contribution is 2.30. The Labute approximate surface area is 162 Å². The Kier molecular flexibility index (Phi) is 4.74. The molecule has 132 valence electrons. The lowest BCUT2D eigenvalue weighted by Gasteiger charge is -2.07. The molecule has 0 aliphatic rings. The van der Waals surface area contributed by atoms with E-state index >= 15 is 0 Å². The maximum atomic E-state index is 13.3. The molecule has 1 aromatic heterocycles. The zero-order valence-electron chi connectivity index (χ0n) is 15.4. The lowest BCUT2D eigenvalue weighted by molar-refractivity contribution is 1.61. The zero-order valence-corrected chi connectivity index (χ0v) is 16.2. The van der Waals surface area contributed by atoms with Gasteiger partial charge in [0.15, 0.2) is 5.43 Å². The van der Waals surface area contributed by atoms with Crippen molar-refractivity contribution in [3.05, 3.63) is 101 Å². The van der Waals surface area contributed by atoms with Crippen LogP contribution < -0.4 is 5.43 Å². The summed E-state index contributed by atoms with van der Waals surface area (Å²) in [5.74, 6) is 0. The summed E-state index contributed by atoms with van der Waals surface area (Å²) in [6, 6.07) is 22.6. The summed E-state index contributed by atoms with van der Waals surface area (Å²) < 4.78 is 2.05. The molecule has 0 fully saturated rings. The van der Waals surface area contributed by atoms with Crippen molar-refractivity contribution in [3.8, 4) is 11.1 Å². The van der Waals surface area contributed by atoms with Gasteiger partial charge < -0.3 is 0 Å². The molecule has 0 radical (unpaired) electrons. The molecular weight excluding hydrogens is 348 g/mol. The minimum Gasteiger partial charge on any atom is -0.289 e. The second-order valence-electron chi connectivity index (χ2n) is 6.46. The van der Waals surface area contributed by atoms with Crippen molar-refractivity contribution < 1.29 is 0 Å². The van der Waals surface area contributed by atoms with Gasteiger partial charge >= 0.3 is 0 Å². The lowest BCUT2D eigenvalue weighted by atomic mass is 10.0. The molecule has 1 heterocycles. The standard InChI is InChI=1S/C25H20OS/c1-3-8-17(4-2)19-11-13-23-21(15-19)25(26)22-16-20(12-14-24(22)27-23)18-9-6-5-7-10-18/h3-16H,1-2H3/b8-3-,17-4+. The van der Waals surface area contributed by atoms with E-state index in [2.05, 4.69) is 48.6 Å². The molecule has 27 heavy (non-hydrogen) atoms. The van der Waals surface area contributed by atoms with Gasteiger partial charge in [0, 0.05) is 20.2 Å². The first kappa shape index (κ1) is 17.4. The summed E-state index contributed by atoms with van der Waals surface area (Å²) in [6.45, 7) is 4.02. The third-order valence-electron chi connectivity index (χ3n) is 4.77. The molecule has 0 saturated heterocycles. The first-order valence-electron chi connectivity index (χ1n) is 9.06. The summed E-state index contributed by atoms with van der Waals surface area (Å²) in [7, 11) is 0. The summed E-state index contributed by atoms with van der Waals surface area (Å²) in [6.07, 6.45) is 6.17. The monoisotopic (exact) mass is 368 g/mol. The maximum Gasteiger partial charge on any atom is 0.195 e. The summed E-state index contributed by atoms with van der Waals surface area (Å²) >= 11 is 1.67. The van der Waals surface area contributed by atoms with Gasteiger partial charge in [-0.15, -0.1) is 11.3 Å². The van der Waals surface area contributed by atoms with E-state index in [0.717, 1.165) is 42.4 Å². The van der Waals surface area contributed by atoms with Crippen LogP contribution in [-0.2, 0) is 0 Å². The van der Waals surface area contributed by atoms with E-state index in [9.17, 15) is 4.79 Å². The molecule has 0 saturated carbocycles. The quantitative estimate of drug-likeness (QED) is 0.279. The number of hydrogen-bond donors (Lipinski definition) is 0. The van der Waals surface area contributed by atoms with Crippen molar-refractivity contribution in [2.24, 2.45) is 0 Å². The third kappa shape index (κ3) is 3.24. The predicted octanol–water partition coefficient (Wildman–Crippen LogP) is 7.06. The van der Waals surface area contributed by atoms with Crippen LogP contribution in [0.2, 0.25) is 0 Å². The van der Waals surface area contributed by atoms with Gasteiger partial charge in [-0.3, -0.25) is 4.79 Å². The maximum absolute atomic E-state index is 13.3. The van der Waals surface area contributed by atoms with Crippen LogP contribution in [-0.4, -0.2) is 0 Å². The van der Waals surface area contributed by atoms with Gasteiger partial charge in [0.2, 0.25) is 0 Å². The largest absolute Gasteiger partial charge is 0.289 e. The van der Waals surface area contributed by atoms with Gasteiger partial charge in [-0.25, -0.2) is 0 Å². The van der Waals surface area contributed by atoms with Crippen LogP contribution in [0, 0.1) is 0 Å². The summed E-state index contributed by atoms with van der Waals surface area (Å²) in [5.41, 5.74) is 4.51. The number of fused-ring (bicyclic) bond motifs is 2. The van der Waals surface area contributed by atoms with Crippen LogP contribution >= 0.6 is 11.3 Å². The van der Waals surface area contributed by atoms with Crippen molar-refractivity contribution in [1.29, 1.82) is 0 Å². The van der Waals surface area contributed by atoms with E-state index in [0.29, 0.717) is 0 Å². The van der Waals surface area contributed by atoms with Crippen LogP contribution in [0.3, 0.4) is 0 Å². The van der Waals surface area contributed by atoms with E-state index < -0.39 is 0 Å².